The third-order valence-corrected chi connectivity index (χ3v) is 6.65. The van der Waals surface area contributed by atoms with E-state index in [0.29, 0.717) is 17.1 Å². The highest BCUT2D eigenvalue weighted by Crippen LogP contribution is 2.42. The largest absolute Gasteiger partial charge is 0.505 e. The molecule has 4 nitrogen and oxygen atoms in total. The third kappa shape index (κ3) is 6.25. The molecule has 2 N–H and O–H groups in total. The second kappa shape index (κ2) is 11.8. The Hall–Kier alpha value is -3.14. The quantitative estimate of drug-likeness (QED) is 0.208. The van der Waals surface area contributed by atoms with Gasteiger partial charge in [0.1, 0.15) is 17.1 Å². The highest BCUT2D eigenvalue weighted by molar-refractivity contribution is 6.50. The number of benzene rings is 2. The van der Waals surface area contributed by atoms with Gasteiger partial charge >= 0.3 is 0 Å². The molecule has 0 radical (unpaired) electrons. The first-order valence-corrected chi connectivity index (χ1v) is 12.5. The van der Waals surface area contributed by atoms with Gasteiger partial charge in [-0.2, -0.15) is 5.10 Å². The molecule has 0 aromatic heterocycles. The van der Waals surface area contributed by atoms with Gasteiger partial charge in [-0.15, -0.1) is 0 Å². The minimum Gasteiger partial charge on any atom is -0.505 e. The molecule has 2 aromatic rings. The second-order valence-electron chi connectivity index (χ2n) is 9.66. The zero-order valence-corrected chi connectivity index (χ0v) is 21.1. The molecular weight excluding hydrogens is 418 g/mol. The standard InChI is InChI=1S/C30H39N3O/c1-5-6-7-8-9-11-16-23-21-25(30(2,3)24-17-12-10-13-18-24)29(34)28(22-23)33(4)32-27-20-15-14-19-26(27)31/h10,12-15,17-22,31,34H,5-9,11,16H2,1-4H3/b31-26?,32-27-. The monoisotopic (exact) mass is 457 g/mol. The number of aryl methyl sites for hydroxylation is 1. The van der Waals surface area contributed by atoms with E-state index in [1.807, 2.05) is 43.5 Å². The molecule has 0 aliphatic heterocycles. The Labute approximate surface area is 205 Å². The zero-order valence-electron chi connectivity index (χ0n) is 21.1. The zero-order chi connectivity index (χ0) is 24.6. The van der Waals surface area contributed by atoms with Crippen LogP contribution >= 0.6 is 0 Å². The van der Waals surface area contributed by atoms with E-state index in [0.717, 1.165) is 24.0 Å². The molecule has 0 saturated heterocycles. The number of hydrogen-bond acceptors (Lipinski definition) is 4. The van der Waals surface area contributed by atoms with Gasteiger partial charge in [0, 0.05) is 18.0 Å². The first-order valence-electron chi connectivity index (χ1n) is 12.5. The van der Waals surface area contributed by atoms with Crippen molar-refractivity contribution >= 4 is 17.1 Å². The summed E-state index contributed by atoms with van der Waals surface area (Å²) in [5, 5.41) is 26.0. The van der Waals surface area contributed by atoms with Crippen LogP contribution in [-0.2, 0) is 11.8 Å². The molecule has 0 spiro atoms. The van der Waals surface area contributed by atoms with E-state index in [9.17, 15) is 5.11 Å². The smallest absolute Gasteiger partial charge is 0.144 e. The van der Waals surface area contributed by atoms with E-state index in [-0.39, 0.29) is 11.2 Å². The van der Waals surface area contributed by atoms with Gasteiger partial charge < -0.3 is 5.11 Å². The fourth-order valence-electron chi connectivity index (χ4n) is 4.44. The predicted molar refractivity (Wildman–Crippen MR) is 146 cm³/mol. The van der Waals surface area contributed by atoms with E-state index in [1.54, 1.807) is 11.1 Å². The molecule has 1 aliphatic rings. The average molecular weight is 458 g/mol. The van der Waals surface area contributed by atoms with Crippen LogP contribution in [0, 0.1) is 5.41 Å². The van der Waals surface area contributed by atoms with E-state index >= 15 is 0 Å². The Morgan fingerprint density at radius 1 is 0.941 bits per heavy atom. The van der Waals surface area contributed by atoms with Gasteiger partial charge in [-0.05, 0) is 42.2 Å². The van der Waals surface area contributed by atoms with Crippen molar-refractivity contribution in [2.75, 3.05) is 12.1 Å². The maximum Gasteiger partial charge on any atom is 0.144 e. The number of nitrogens with zero attached hydrogens (tertiary/aromatic N) is 2. The highest BCUT2D eigenvalue weighted by Gasteiger charge is 2.29. The Kier molecular flexibility index (Phi) is 8.86. The van der Waals surface area contributed by atoms with Crippen molar-refractivity contribution in [3.8, 4) is 5.75 Å². The third-order valence-electron chi connectivity index (χ3n) is 6.65. The Bertz CT molecular complexity index is 1060. The van der Waals surface area contributed by atoms with Crippen molar-refractivity contribution in [1.82, 2.24) is 0 Å². The van der Waals surface area contributed by atoms with Crippen molar-refractivity contribution in [2.45, 2.75) is 71.1 Å². The molecule has 1 aliphatic carbocycles. The first-order chi connectivity index (χ1) is 16.3. The van der Waals surface area contributed by atoms with Crippen LogP contribution in [0.5, 0.6) is 5.75 Å². The van der Waals surface area contributed by atoms with E-state index in [4.69, 9.17) is 5.41 Å². The predicted octanol–water partition coefficient (Wildman–Crippen LogP) is 7.56. The topological polar surface area (TPSA) is 59.7 Å². The van der Waals surface area contributed by atoms with Crippen LogP contribution in [0.2, 0.25) is 0 Å². The van der Waals surface area contributed by atoms with Crippen LogP contribution in [0.25, 0.3) is 0 Å². The number of rotatable bonds is 11. The van der Waals surface area contributed by atoms with Crippen molar-refractivity contribution in [3.05, 3.63) is 83.5 Å². The van der Waals surface area contributed by atoms with Gasteiger partial charge in [0.25, 0.3) is 0 Å². The van der Waals surface area contributed by atoms with Gasteiger partial charge in [-0.25, -0.2) is 0 Å². The van der Waals surface area contributed by atoms with Crippen molar-refractivity contribution < 1.29 is 5.11 Å². The number of nitrogens with one attached hydrogen (secondary N) is 1. The molecule has 4 heteroatoms. The lowest BCUT2D eigenvalue weighted by molar-refractivity contribution is 0.452. The summed E-state index contributed by atoms with van der Waals surface area (Å²) < 4.78 is 0. The Balaban J connectivity index is 1.96. The molecular formula is C30H39N3O. The molecule has 34 heavy (non-hydrogen) atoms. The van der Waals surface area contributed by atoms with Gasteiger partial charge in [0.15, 0.2) is 0 Å². The number of anilines is 1. The molecule has 2 aromatic carbocycles. The Morgan fingerprint density at radius 3 is 2.32 bits per heavy atom. The number of hydrogen-bond donors (Lipinski definition) is 2. The van der Waals surface area contributed by atoms with Crippen LogP contribution in [0.15, 0.2) is 71.9 Å². The fourth-order valence-corrected chi connectivity index (χ4v) is 4.44. The molecule has 0 amide bonds. The average Bonchev–Trinajstić information content (AvgIpc) is 2.84. The van der Waals surface area contributed by atoms with Crippen molar-refractivity contribution in [1.29, 1.82) is 5.41 Å². The summed E-state index contributed by atoms with van der Waals surface area (Å²) in [6.45, 7) is 6.56. The molecule has 0 saturated carbocycles. The van der Waals surface area contributed by atoms with Crippen LogP contribution in [0.1, 0.15) is 76.0 Å². The lowest BCUT2D eigenvalue weighted by Crippen LogP contribution is -2.22. The van der Waals surface area contributed by atoms with Gasteiger partial charge in [0.05, 0.1) is 5.71 Å². The summed E-state index contributed by atoms with van der Waals surface area (Å²) in [6, 6.07) is 14.6. The first kappa shape index (κ1) is 25.5. The van der Waals surface area contributed by atoms with E-state index in [1.165, 1.54) is 37.7 Å². The van der Waals surface area contributed by atoms with Gasteiger partial charge in [-0.3, -0.25) is 10.4 Å². The van der Waals surface area contributed by atoms with E-state index < -0.39 is 0 Å². The summed E-state index contributed by atoms with van der Waals surface area (Å²) in [5.41, 5.74) is 4.51. The maximum atomic E-state index is 11.4. The van der Waals surface area contributed by atoms with Crippen LogP contribution in [0.4, 0.5) is 5.69 Å². The van der Waals surface area contributed by atoms with Gasteiger partial charge in [-0.1, -0.05) is 101 Å². The normalized spacial score (nSPS) is 14.7. The van der Waals surface area contributed by atoms with Crippen LogP contribution in [0.3, 0.4) is 0 Å². The summed E-state index contributed by atoms with van der Waals surface area (Å²) in [6.07, 6.45) is 15.7. The van der Waals surface area contributed by atoms with Crippen molar-refractivity contribution in [2.24, 2.45) is 5.10 Å². The maximum absolute atomic E-state index is 11.4. The number of hydrazone groups is 1. The van der Waals surface area contributed by atoms with Crippen LogP contribution < -0.4 is 5.01 Å². The Morgan fingerprint density at radius 2 is 1.62 bits per heavy atom. The molecule has 0 atom stereocenters. The minimum absolute atomic E-state index is 0.245. The number of phenolic OH excluding ortho intramolecular Hbond substituents is 1. The number of aromatic hydroxyl groups is 1. The number of phenols is 1. The highest BCUT2D eigenvalue weighted by atomic mass is 16.3. The summed E-state index contributed by atoms with van der Waals surface area (Å²) in [7, 11) is 1.84. The van der Waals surface area contributed by atoms with Crippen LogP contribution in [-0.4, -0.2) is 23.6 Å². The number of unbranched alkanes of at least 4 members (excludes halogenated alkanes) is 5. The number of allylic oxidation sites excluding steroid dienone is 4. The SMILES string of the molecule is CCCCCCCCc1cc(N(C)/N=C2/C=CC=CC2=N)c(O)c(C(C)(C)c2ccccc2)c1. The fraction of sp³-hybridized carbons (Fsp3) is 0.400. The van der Waals surface area contributed by atoms with Crippen molar-refractivity contribution in [3.63, 3.8) is 0 Å². The molecule has 3 rings (SSSR count). The summed E-state index contributed by atoms with van der Waals surface area (Å²) in [4.78, 5) is 0. The second-order valence-corrected chi connectivity index (χ2v) is 9.66. The summed E-state index contributed by atoms with van der Waals surface area (Å²) in [5.74, 6) is 0.245. The summed E-state index contributed by atoms with van der Waals surface area (Å²) >= 11 is 0. The molecule has 180 valence electrons. The lowest BCUT2D eigenvalue weighted by atomic mass is 9.76. The molecule has 0 fully saturated rings. The van der Waals surface area contributed by atoms with E-state index in [2.05, 4.69) is 50.1 Å². The minimum atomic E-state index is -0.370. The lowest BCUT2D eigenvalue weighted by Gasteiger charge is -2.30. The molecule has 0 bridgehead atoms. The molecule has 0 heterocycles. The molecule has 0 unspecified atom stereocenters. The van der Waals surface area contributed by atoms with Gasteiger partial charge in [0.2, 0.25) is 0 Å².